The van der Waals surface area contributed by atoms with Gasteiger partial charge in [0.1, 0.15) is 0 Å². The third-order valence-corrected chi connectivity index (χ3v) is 6.11. The van der Waals surface area contributed by atoms with Crippen LogP contribution in [0.3, 0.4) is 0 Å². The lowest BCUT2D eigenvalue weighted by Crippen LogP contribution is -2.11. The normalized spacial score (nSPS) is 10.8. The van der Waals surface area contributed by atoms with E-state index in [1.807, 2.05) is 12.1 Å². The molecule has 134 valence electrons. The summed E-state index contributed by atoms with van der Waals surface area (Å²) in [6, 6.07) is 18.8. The van der Waals surface area contributed by atoms with Crippen molar-refractivity contribution in [1.29, 1.82) is 0 Å². The molecule has 0 fully saturated rings. The maximum absolute atomic E-state index is 4.93. The summed E-state index contributed by atoms with van der Waals surface area (Å²) < 4.78 is 1.09. The number of thiazole rings is 1. The summed E-state index contributed by atoms with van der Waals surface area (Å²) in [4.78, 5) is 11.2. The van der Waals surface area contributed by atoms with E-state index in [2.05, 4.69) is 87.5 Å². The number of halogens is 1. The highest BCUT2D eigenvalue weighted by atomic mass is 79.9. The number of rotatable bonds is 4. The number of pyridine rings is 1. The molecule has 4 aromatic rings. The summed E-state index contributed by atoms with van der Waals surface area (Å²) in [6.07, 6.45) is 3.59. The summed E-state index contributed by atoms with van der Waals surface area (Å²) in [5.41, 5.74) is 6.65. The molecule has 0 aliphatic carbocycles. The summed E-state index contributed by atoms with van der Waals surface area (Å²) in [6.45, 7) is 4.22. The molecule has 0 unspecified atom stereocenters. The van der Waals surface area contributed by atoms with Crippen LogP contribution in [0.25, 0.3) is 11.3 Å². The van der Waals surface area contributed by atoms with E-state index in [0.29, 0.717) is 0 Å². The van der Waals surface area contributed by atoms with Crippen LogP contribution in [-0.4, -0.2) is 9.97 Å². The predicted molar refractivity (Wildman–Crippen MR) is 117 cm³/mol. The first-order chi connectivity index (χ1) is 13.1. The van der Waals surface area contributed by atoms with Crippen molar-refractivity contribution in [2.24, 2.45) is 0 Å². The molecule has 5 heteroatoms. The molecular weight excluding hydrogens is 418 g/mol. The Labute approximate surface area is 171 Å². The number of anilines is 3. The van der Waals surface area contributed by atoms with Crippen LogP contribution in [0.15, 0.2) is 76.8 Å². The minimum absolute atomic E-state index is 0.937. The molecule has 2 aromatic heterocycles. The van der Waals surface area contributed by atoms with Crippen LogP contribution in [0.2, 0.25) is 0 Å². The number of benzene rings is 2. The Morgan fingerprint density at radius 3 is 2.44 bits per heavy atom. The fourth-order valence-corrected chi connectivity index (χ4v) is 4.14. The van der Waals surface area contributed by atoms with E-state index in [-0.39, 0.29) is 0 Å². The Balaban J connectivity index is 1.85. The van der Waals surface area contributed by atoms with E-state index < -0.39 is 0 Å². The van der Waals surface area contributed by atoms with Gasteiger partial charge in [-0.05, 0) is 55.3 Å². The van der Waals surface area contributed by atoms with Crippen LogP contribution >= 0.6 is 27.3 Å². The molecule has 0 aliphatic rings. The number of aryl methyl sites for hydroxylation is 2. The van der Waals surface area contributed by atoms with E-state index >= 15 is 0 Å². The Bertz CT molecular complexity index is 1080. The van der Waals surface area contributed by atoms with Crippen molar-refractivity contribution in [2.45, 2.75) is 13.8 Å². The molecule has 0 spiro atoms. The average molecular weight is 436 g/mol. The molecule has 3 nitrogen and oxygen atoms in total. The summed E-state index contributed by atoms with van der Waals surface area (Å²) in [5, 5.41) is 3.03. The SMILES string of the molecule is Cc1ccc(N(c2nc(-c3ccncc3)cs2)c2ccccc2C)cc1Br. The monoisotopic (exact) mass is 435 g/mol. The number of para-hydroxylation sites is 1. The summed E-state index contributed by atoms with van der Waals surface area (Å²) in [7, 11) is 0. The minimum Gasteiger partial charge on any atom is -0.286 e. The van der Waals surface area contributed by atoms with Crippen molar-refractivity contribution in [3.05, 3.63) is 88.0 Å². The lowest BCUT2D eigenvalue weighted by molar-refractivity contribution is 1.20. The number of hydrogen-bond acceptors (Lipinski definition) is 4. The van der Waals surface area contributed by atoms with E-state index in [0.717, 1.165) is 32.2 Å². The highest BCUT2D eigenvalue weighted by molar-refractivity contribution is 9.10. The van der Waals surface area contributed by atoms with Crippen molar-refractivity contribution in [2.75, 3.05) is 4.90 Å². The molecule has 0 saturated carbocycles. The molecule has 0 amide bonds. The highest BCUT2D eigenvalue weighted by Gasteiger charge is 2.18. The van der Waals surface area contributed by atoms with Crippen LogP contribution in [0, 0.1) is 13.8 Å². The quantitative estimate of drug-likeness (QED) is 0.343. The molecular formula is C22H18BrN3S. The van der Waals surface area contributed by atoms with E-state index in [9.17, 15) is 0 Å². The maximum atomic E-state index is 4.93. The smallest absolute Gasteiger partial charge is 0.195 e. The molecule has 4 rings (SSSR count). The zero-order valence-corrected chi connectivity index (χ0v) is 17.5. The second-order valence-corrected chi connectivity index (χ2v) is 8.00. The number of nitrogens with zero attached hydrogens (tertiary/aromatic N) is 3. The van der Waals surface area contributed by atoms with Crippen molar-refractivity contribution >= 4 is 43.8 Å². The molecule has 27 heavy (non-hydrogen) atoms. The van der Waals surface area contributed by atoms with Crippen molar-refractivity contribution in [3.63, 3.8) is 0 Å². The van der Waals surface area contributed by atoms with Gasteiger partial charge in [0, 0.05) is 33.5 Å². The fourth-order valence-electron chi connectivity index (χ4n) is 2.91. The van der Waals surface area contributed by atoms with Gasteiger partial charge in [-0.3, -0.25) is 9.88 Å². The lowest BCUT2D eigenvalue weighted by Gasteiger charge is -2.24. The first-order valence-electron chi connectivity index (χ1n) is 8.61. The molecule has 0 bridgehead atoms. The van der Waals surface area contributed by atoms with Gasteiger partial charge in [0.05, 0.1) is 11.4 Å². The molecule has 0 radical (unpaired) electrons. The third kappa shape index (κ3) is 3.66. The zero-order valence-electron chi connectivity index (χ0n) is 15.1. The largest absolute Gasteiger partial charge is 0.286 e. The van der Waals surface area contributed by atoms with Crippen LogP contribution in [0.1, 0.15) is 11.1 Å². The molecule has 0 saturated heterocycles. The highest BCUT2D eigenvalue weighted by Crippen LogP contribution is 2.40. The van der Waals surface area contributed by atoms with E-state index in [1.54, 1.807) is 23.7 Å². The van der Waals surface area contributed by atoms with Crippen LogP contribution in [0.5, 0.6) is 0 Å². The average Bonchev–Trinajstić information content (AvgIpc) is 3.17. The predicted octanol–water partition coefficient (Wildman–Crippen LogP) is 7.05. The van der Waals surface area contributed by atoms with Crippen LogP contribution in [-0.2, 0) is 0 Å². The standard InChI is InChI=1S/C22H18BrN3S/c1-15-7-8-18(13-19(15)23)26(21-6-4-3-5-16(21)2)22-25-20(14-27-22)17-9-11-24-12-10-17/h3-14H,1-2H3. The number of aromatic nitrogens is 2. The summed E-state index contributed by atoms with van der Waals surface area (Å²) in [5.74, 6) is 0. The van der Waals surface area contributed by atoms with Crippen molar-refractivity contribution < 1.29 is 0 Å². The maximum Gasteiger partial charge on any atom is 0.195 e. The van der Waals surface area contributed by atoms with Gasteiger partial charge in [-0.1, -0.05) is 40.2 Å². The van der Waals surface area contributed by atoms with Crippen molar-refractivity contribution in [3.8, 4) is 11.3 Å². The van der Waals surface area contributed by atoms with Gasteiger partial charge in [-0.2, -0.15) is 0 Å². The molecule has 2 aromatic carbocycles. The Kier molecular flexibility index (Phi) is 5.05. The van der Waals surface area contributed by atoms with Gasteiger partial charge in [0.25, 0.3) is 0 Å². The van der Waals surface area contributed by atoms with Gasteiger partial charge in [-0.15, -0.1) is 11.3 Å². The Morgan fingerprint density at radius 1 is 0.926 bits per heavy atom. The van der Waals surface area contributed by atoms with Gasteiger partial charge in [0.15, 0.2) is 5.13 Å². The molecule has 0 aliphatic heterocycles. The molecule has 0 N–H and O–H groups in total. The van der Waals surface area contributed by atoms with E-state index in [4.69, 9.17) is 4.98 Å². The fraction of sp³-hybridized carbons (Fsp3) is 0.0909. The second kappa shape index (κ2) is 7.62. The summed E-state index contributed by atoms with van der Waals surface area (Å²) >= 11 is 5.31. The second-order valence-electron chi connectivity index (χ2n) is 6.31. The van der Waals surface area contributed by atoms with Gasteiger partial charge >= 0.3 is 0 Å². The Hall–Kier alpha value is -2.50. The zero-order chi connectivity index (χ0) is 18.8. The van der Waals surface area contributed by atoms with Gasteiger partial charge in [-0.25, -0.2) is 4.98 Å². The van der Waals surface area contributed by atoms with Gasteiger partial charge < -0.3 is 0 Å². The molecule has 0 atom stereocenters. The first-order valence-corrected chi connectivity index (χ1v) is 10.3. The topological polar surface area (TPSA) is 29.0 Å². The van der Waals surface area contributed by atoms with Crippen molar-refractivity contribution in [1.82, 2.24) is 9.97 Å². The Morgan fingerprint density at radius 2 is 1.70 bits per heavy atom. The van der Waals surface area contributed by atoms with E-state index in [1.165, 1.54) is 11.1 Å². The minimum atomic E-state index is 0.937. The van der Waals surface area contributed by atoms with Crippen LogP contribution in [0.4, 0.5) is 16.5 Å². The van der Waals surface area contributed by atoms with Crippen LogP contribution < -0.4 is 4.90 Å². The molecule has 2 heterocycles. The first kappa shape index (κ1) is 17.9. The van der Waals surface area contributed by atoms with Gasteiger partial charge in [0.2, 0.25) is 0 Å². The number of hydrogen-bond donors (Lipinski definition) is 0. The lowest BCUT2D eigenvalue weighted by atomic mass is 10.1. The third-order valence-electron chi connectivity index (χ3n) is 4.43.